The highest BCUT2D eigenvalue weighted by Gasteiger charge is 2.38. The summed E-state index contributed by atoms with van der Waals surface area (Å²) in [4.78, 5) is 70.7. The number of ketones is 2. The molecule has 0 radical (unpaired) electrons. The number of fused-ring (bicyclic) bond motifs is 2. The van der Waals surface area contributed by atoms with Gasteiger partial charge in [-0.15, -0.1) is 0 Å². The minimum atomic E-state index is -1.26. The van der Waals surface area contributed by atoms with Crippen LogP contribution in [0, 0.1) is 0 Å². The number of rotatable bonds is 12. The van der Waals surface area contributed by atoms with E-state index in [1.54, 1.807) is 0 Å². The molecule has 0 bridgehead atoms. The van der Waals surface area contributed by atoms with Gasteiger partial charge >= 0.3 is 5.97 Å². The van der Waals surface area contributed by atoms with Gasteiger partial charge in [0.1, 0.15) is 29.3 Å². The number of H-pyrrole nitrogens is 1. The Morgan fingerprint density at radius 2 is 1.48 bits per heavy atom. The number of carbonyl (C=O) groups excluding carboxylic acids is 4. The van der Waals surface area contributed by atoms with Crippen molar-refractivity contribution >= 4 is 35.0 Å². The van der Waals surface area contributed by atoms with Crippen LogP contribution < -0.4 is 21.7 Å². The van der Waals surface area contributed by atoms with Gasteiger partial charge in [-0.1, -0.05) is 0 Å². The molecule has 1 unspecified atom stereocenters. The van der Waals surface area contributed by atoms with Crippen LogP contribution in [0.1, 0.15) is 50.4 Å². The van der Waals surface area contributed by atoms with E-state index in [4.69, 9.17) is 5.73 Å². The van der Waals surface area contributed by atoms with Crippen LogP contribution >= 0.6 is 0 Å². The molecule has 0 saturated heterocycles. The van der Waals surface area contributed by atoms with Gasteiger partial charge in [0.2, 0.25) is 23.4 Å². The van der Waals surface area contributed by atoms with Crippen molar-refractivity contribution in [1.29, 1.82) is 0 Å². The van der Waals surface area contributed by atoms with Gasteiger partial charge in [-0.05, 0) is 43.7 Å². The highest BCUT2D eigenvalue weighted by molar-refractivity contribution is 6.32. The monoisotopic (exact) mass is 580 g/mol. The summed E-state index contributed by atoms with van der Waals surface area (Å²) in [6, 6.07) is 2.01. The van der Waals surface area contributed by atoms with Crippen molar-refractivity contribution in [2.75, 3.05) is 18.4 Å². The van der Waals surface area contributed by atoms with Crippen molar-refractivity contribution in [1.82, 2.24) is 20.6 Å². The zero-order chi connectivity index (χ0) is 30.6. The predicted octanol–water partition coefficient (Wildman–Crippen LogP) is -0.250. The Bertz CT molecular complexity index is 1550. The van der Waals surface area contributed by atoms with Crippen LogP contribution in [0.3, 0.4) is 0 Å². The van der Waals surface area contributed by atoms with E-state index in [1.807, 2.05) is 0 Å². The number of carbonyl (C=O) groups is 5. The number of phenols is 3. The van der Waals surface area contributed by atoms with Gasteiger partial charge < -0.3 is 47.1 Å². The number of benzene rings is 2. The molecule has 2 atom stereocenters. The SMILES string of the molecule is NCCCC(NC(=O)[C@@H](Cc1cnc[nH]1)NC(=O)CNc1ccc(O)c2c1C(=O)c1c(O)ccc(O)c1C2=O)C(=O)O. The Kier molecular flexibility index (Phi) is 8.71. The molecular formula is C27H28N6O9. The van der Waals surface area contributed by atoms with Crippen molar-refractivity contribution in [3.63, 3.8) is 0 Å². The molecule has 220 valence electrons. The molecule has 2 amide bonds. The molecule has 0 saturated carbocycles. The molecule has 4 rings (SSSR count). The number of hydrogen-bond acceptors (Lipinski definition) is 11. The maximum absolute atomic E-state index is 13.3. The Morgan fingerprint density at radius 3 is 2.05 bits per heavy atom. The van der Waals surface area contributed by atoms with E-state index in [1.165, 1.54) is 18.6 Å². The highest BCUT2D eigenvalue weighted by atomic mass is 16.4. The van der Waals surface area contributed by atoms with Gasteiger partial charge in [0.05, 0.1) is 35.1 Å². The first-order valence-corrected chi connectivity index (χ1v) is 12.8. The molecule has 15 heteroatoms. The quantitative estimate of drug-likeness (QED) is 0.0983. The average molecular weight is 581 g/mol. The number of nitrogens with two attached hydrogens (primary N) is 1. The van der Waals surface area contributed by atoms with Crippen molar-refractivity contribution < 1.29 is 44.4 Å². The van der Waals surface area contributed by atoms with Gasteiger partial charge in [0, 0.05) is 24.0 Å². The maximum Gasteiger partial charge on any atom is 0.326 e. The van der Waals surface area contributed by atoms with Gasteiger partial charge in [0.15, 0.2) is 0 Å². The second kappa shape index (κ2) is 12.4. The van der Waals surface area contributed by atoms with E-state index in [2.05, 4.69) is 25.9 Å². The summed E-state index contributed by atoms with van der Waals surface area (Å²) in [6.07, 6.45) is 3.18. The number of imidazole rings is 1. The summed E-state index contributed by atoms with van der Waals surface area (Å²) in [7, 11) is 0. The molecule has 42 heavy (non-hydrogen) atoms. The lowest BCUT2D eigenvalue weighted by atomic mass is 9.81. The summed E-state index contributed by atoms with van der Waals surface area (Å²) >= 11 is 0. The molecule has 0 fully saturated rings. The van der Waals surface area contributed by atoms with Crippen LogP contribution in [0.5, 0.6) is 17.2 Å². The maximum atomic E-state index is 13.3. The first-order chi connectivity index (χ1) is 20.0. The Morgan fingerprint density at radius 1 is 0.881 bits per heavy atom. The second-order valence-corrected chi connectivity index (χ2v) is 9.48. The minimum absolute atomic E-state index is 0.0352. The fourth-order valence-electron chi connectivity index (χ4n) is 4.59. The van der Waals surface area contributed by atoms with E-state index in [0.717, 1.165) is 18.2 Å². The van der Waals surface area contributed by atoms with Crippen LogP contribution in [0.25, 0.3) is 0 Å². The van der Waals surface area contributed by atoms with Gasteiger partial charge in [-0.2, -0.15) is 0 Å². The number of amides is 2. The van der Waals surface area contributed by atoms with Crippen LogP contribution in [0.15, 0.2) is 36.8 Å². The number of nitrogens with zero attached hydrogens (tertiary/aromatic N) is 1. The third-order valence-corrected chi connectivity index (χ3v) is 6.63. The summed E-state index contributed by atoms with van der Waals surface area (Å²) in [5.74, 6) is -6.21. The van der Waals surface area contributed by atoms with E-state index >= 15 is 0 Å². The predicted molar refractivity (Wildman–Crippen MR) is 145 cm³/mol. The highest BCUT2D eigenvalue weighted by Crippen LogP contribution is 2.42. The van der Waals surface area contributed by atoms with Crippen LogP contribution in [0.4, 0.5) is 5.69 Å². The van der Waals surface area contributed by atoms with Crippen molar-refractivity contribution in [3.8, 4) is 17.2 Å². The molecule has 1 aromatic heterocycles. The zero-order valence-electron chi connectivity index (χ0n) is 22.0. The Balaban J connectivity index is 1.54. The fourth-order valence-corrected chi connectivity index (χ4v) is 4.59. The third kappa shape index (κ3) is 6.00. The number of aromatic nitrogens is 2. The summed E-state index contributed by atoms with van der Waals surface area (Å²) in [6.45, 7) is -0.291. The molecule has 1 heterocycles. The molecule has 1 aliphatic rings. The Hall–Kier alpha value is -5.44. The lowest BCUT2D eigenvalue weighted by molar-refractivity contribution is -0.142. The van der Waals surface area contributed by atoms with E-state index in [0.29, 0.717) is 12.1 Å². The number of nitrogens with one attached hydrogen (secondary N) is 4. The minimum Gasteiger partial charge on any atom is -0.507 e. The number of hydrogen-bond donors (Lipinski definition) is 9. The lowest BCUT2D eigenvalue weighted by Gasteiger charge is -2.23. The fraction of sp³-hybridized carbons (Fsp3) is 0.259. The van der Waals surface area contributed by atoms with Gasteiger partial charge in [0.25, 0.3) is 0 Å². The number of anilines is 1. The van der Waals surface area contributed by atoms with Crippen LogP contribution in [-0.4, -0.2) is 84.9 Å². The van der Waals surface area contributed by atoms with E-state index in [-0.39, 0.29) is 30.6 Å². The molecule has 1 aliphatic carbocycles. The first-order valence-electron chi connectivity index (χ1n) is 12.8. The number of carboxylic acid groups (broad SMARTS) is 1. The largest absolute Gasteiger partial charge is 0.507 e. The smallest absolute Gasteiger partial charge is 0.326 e. The van der Waals surface area contributed by atoms with Gasteiger partial charge in [-0.25, -0.2) is 9.78 Å². The number of carboxylic acids is 1. The number of aromatic hydroxyl groups is 3. The normalized spacial score (nSPS) is 13.5. The second-order valence-electron chi connectivity index (χ2n) is 9.48. The number of aliphatic carboxylic acids is 1. The number of aromatic amines is 1. The van der Waals surface area contributed by atoms with Gasteiger partial charge in [-0.3, -0.25) is 19.2 Å². The Labute approximate surface area is 237 Å². The summed E-state index contributed by atoms with van der Waals surface area (Å²) in [5, 5.41) is 47.9. The zero-order valence-corrected chi connectivity index (χ0v) is 22.0. The molecule has 0 spiro atoms. The standard InChI is InChI=1S/C27H28N6O9/c28-7-1-2-14(27(41)42)33-26(40)15(8-12-9-29-11-31-12)32-19(37)10-30-13-3-4-16(34)21-20(13)24(38)22-17(35)5-6-18(36)23(22)25(21)39/h3-6,9,11,14-15,30,34-36H,1-2,7-8,10,28H2,(H,29,31)(H,32,37)(H,33,40)(H,41,42)/t14?,15-/m1/s1. The molecule has 0 aliphatic heterocycles. The number of phenolic OH excluding ortho intramolecular Hbond substituents is 3. The molecule has 3 aromatic rings. The molecular weight excluding hydrogens is 552 g/mol. The first kappa shape index (κ1) is 29.5. The summed E-state index contributed by atoms with van der Waals surface area (Å²) < 4.78 is 0. The van der Waals surface area contributed by atoms with E-state index < -0.39 is 81.9 Å². The topological polar surface area (TPSA) is 257 Å². The van der Waals surface area contributed by atoms with Crippen LogP contribution in [-0.2, 0) is 20.8 Å². The van der Waals surface area contributed by atoms with Crippen LogP contribution in [0.2, 0.25) is 0 Å². The third-order valence-electron chi connectivity index (χ3n) is 6.63. The summed E-state index contributed by atoms with van der Waals surface area (Å²) in [5.41, 5.74) is 4.24. The van der Waals surface area contributed by atoms with Crippen molar-refractivity contribution in [2.24, 2.45) is 5.73 Å². The van der Waals surface area contributed by atoms with Crippen molar-refractivity contribution in [3.05, 3.63) is 64.7 Å². The molecule has 10 N–H and O–H groups in total. The molecule has 2 aromatic carbocycles. The van der Waals surface area contributed by atoms with E-state index in [9.17, 15) is 44.4 Å². The average Bonchev–Trinajstić information content (AvgIpc) is 3.47. The molecule has 15 nitrogen and oxygen atoms in total. The lowest BCUT2D eigenvalue weighted by Crippen LogP contribution is -2.53. The van der Waals surface area contributed by atoms with Crippen molar-refractivity contribution in [2.45, 2.75) is 31.3 Å².